The third-order valence-corrected chi connectivity index (χ3v) is 6.07. The van der Waals surface area contributed by atoms with Gasteiger partial charge in [0.05, 0.1) is 0 Å². The highest BCUT2D eigenvalue weighted by Crippen LogP contribution is 2.23. The third-order valence-electron chi connectivity index (χ3n) is 6.07. The van der Waals surface area contributed by atoms with Crippen LogP contribution < -0.4 is 5.32 Å². The van der Waals surface area contributed by atoms with E-state index in [4.69, 9.17) is 4.74 Å². The van der Waals surface area contributed by atoms with E-state index < -0.39 is 23.6 Å². The topological polar surface area (TPSA) is 92.7 Å². The number of carboxylic acid groups (broad SMARTS) is 1. The van der Waals surface area contributed by atoms with E-state index >= 15 is 0 Å². The van der Waals surface area contributed by atoms with Gasteiger partial charge in [-0.15, -0.1) is 0 Å². The maximum Gasteiger partial charge on any atom is 0.347 e. The number of amides is 1. The molecule has 174 valence electrons. The number of unbranched alkanes of at least 4 members (excludes halogenated alkanes) is 13. The third kappa shape index (κ3) is 11.0. The Morgan fingerprint density at radius 2 is 1.40 bits per heavy atom. The zero-order valence-corrected chi connectivity index (χ0v) is 19.2. The standard InChI is InChI=1S/C24H43NO5/c1-3-4-5-6-7-8-9-10-11-12-13-14-15-16-19-24(2,23(28)29)30-22(27)20-17-18-21(26)25-20/h20H,3-19H2,1-2H3,(H,25,26)(H,28,29). The van der Waals surface area contributed by atoms with Crippen molar-refractivity contribution in [1.82, 2.24) is 5.32 Å². The lowest BCUT2D eigenvalue weighted by atomic mass is 9.97. The Balaban J connectivity index is 2.06. The summed E-state index contributed by atoms with van der Waals surface area (Å²) in [4.78, 5) is 35.0. The second-order valence-corrected chi connectivity index (χ2v) is 8.96. The number of ether oxygens (including phenoxy) is 1. The van der Waals surface area contributed by atoms with Crippen LogP contribution >= 0.6 is 0 Å². The summed E-state index contributed by atoms with van der Waals surface area (Å²) in [7, 11) is 0. The fraction of sp³-hybridized carbons (Fsp3) is 0.875. The molecule has 0 spiro atoms. The van der Waals surface area contributed by atoms with Gasteiger partial charge < -0.3 is 15.2 Å². The fourth-order valence-electron chi connectivity index (χ4n) is 3.94. The molecule has 1 amide bonds. The Morgan fingerprint density at radius 3 is 1.80 bits per heavy atom. The predicted octanol–water partition coefficient (Wildman–Crippen LogP) is 5.52. The molecule has 0 saturated carbocycles. The minimum Gasteiger partial charge on any atom is -0.478 e. The second kappa shape index (κ2) is 15.2. The smallest absolute Gasteiger partial charge is 0.347 e. The zero-order chi connectivity index (χ0) is 22.2. The highest BCUT2D eigenvalue weighted by atomic mass is 16.6. The average molecular weight is 426 g/mol. The number of nitrogens with one attached hydrogen (secondary N) is 1. The van der Waals surface area contributed by atoms with Gasteiger partial charge in [0.2, 0.25) is 11.5 Å². The van der Waals surface area contributed by atoms with Crippen LogP contribution in [0.4, 0.5) is 0 Å². The monoisotopic (exact) mass is 425 g/mol. The van der Waals surface area contributed by atoms with Gasteiger partial charge in [-0.2, -0.15) is 0 Å². The molecular formula is C24H43NO5. The summed E-state index contributed by atoms with van der Waals surface area (Å²) in [6.07, 6.45) is 18.2. The summed E-state index contributed by atoms with van der Waals surface area (Å²) in [5, 5.41) is 12.0. The summed E-state index contributed by atoms with van der Waals surface area (Å²) < 4.78 is 5.29. The van der Waals surface area contributed by atoms with Gasteiger partial charge in [0, 0.05) is 6.42 Å². The lowest BCUT2D eigenvalue weighted by Gasteiger charge is -2.26. The predicted molar refractivity (Wildman–Crippen MR) is 118 cm³/mol. The van der Waals surface area contributed by atoms with Crippen LogP contribution in [0.2, 0.25) is 0 Å². The molecule has 1 aliphatic heterocycles. The first kappa shape index (κ1) is 26.4. The van der Waals surface area contributed by atoms with Gasteiger partial charge in [0.1, 0.15) is 6.04 Å². The fourth-order valence-corrected chi connectivity index (χ4v) is 3.94. The van der Waals surface area contributed by atoms with Crippen LogP contribution in [-0.4, -0.2) is 34.6 Å². The van der Waals surface area contributed by atoms with E-state index in [0.717, 1.165) is 12.8 Å². The Hall–Kier alpha value is -1.59. The molecule has 2 atom stereocenters. The molecule has 1 rings (SSSR count). The number of carbonyl (C=O) groups excluding carboxylic acids is 2. The van der Waals surface area contributed by atoms with Crippen LogP contribution in [0.15, 0.2) is 0 Å². The quantitative estimate of drug-likeness (QED) is 0.223. The van der Waals surface area contributed by atoms with Crippen molar-refractivity contribution in [2.24, 2.45) is 0 Å². The summed E-state index contributed by atoms with van der Waals surface area (Å²) >= 11 is 0. The van der Waals surface area contributed by atoms with Gasteiger partial charge >= 0.3 is 11.9 Å². The van der Waals surface area contributed by atoms with Crippen molar-refractivity contribution < 1.29 is 24.2 Å². The summed E-state index contributed by atoms with van der Waals surface area (Å²) in [5.74, 6) is -1.97. The zero-order valence-electron chi connectivity index (χ0n) is 19.2. The Bertz CT molecular complexity index is 522. The molecule has 1 saturated heterocycles. The SMILES string of the molecule is CCCCCCCCCCCCCCCCC(C)(OC(=O)C1CCC(=O)N1)C(=O)O. The highest BCUT2D eigenvalue weighted by molar-refractivity contribution is 5.90. The molecule has 0 aromatic heterocycles. The van der Waals surface area contributed by atoms with Crippen LogP contribution in [-0.2, 0) is 19.1 Å². The van der Waals surface area contributed by atoms with E-state index in [2.05, 4.69) is 12.2 Å². The van der Waals surface area contributed by atoms with Crippen molar-refractivity contribution >= 4 is 17.8 Å². The Morgan fingerprint density at radius 1 is 0.933 bits per heavy atom. The van der Waals surface area contributed by atoms with E-state index in [1.54, 1.807) is 0 Å². The molecule has 2 unspecified atom stereocenters. The van der Waals surface area contributed by atoms with Gasteiger partial charge in [0.25, 0.3) is 0 Å². The summed E-state index contributed by atoms with van der Waals surface area (Å²) in [5.41, 5.74) is -1.53. The molecule has 0 aromatic carbocycles. The molecule has 1 heterocycles. The number of rotatable bonds is 18. The van der Waals surface area contributed by atoms with Crippen LogP contribution in [0.1, 0.15) is 123 Å². The minimum absolute atomic E-state index is 0.194. The minimum atomic E-state index is -1.53. The number of carboxylic acids is 1. The Labute approximate surface area is 182 Å². The average Bonchev–Trinajstić information content (AvgIpc) is 3.14. The van der Waals surface area contributed by atoms with Crippen LogP contribution in [0.25, 0.3) is 0 Å². The first-order valence-corrected chi connectivity index (χ1v) is 12.1. The van der Waals surface area contributed by atoms with Crippen LogP contribution in [0, 0.1) is 0 Å². The van der Waals surface area contributed by atoms with Crippen molar-refractivity contribution in [1.29, 1.82) is 0 Å². The van der Waals surface area contributed by atoms with Crippen LogP contribution in [0.5, 0.6) is 0 Å². The van der Waals surface area contributed by atoms with Crippen LogP contribution in [0.3, 0.4) is 0 Å². The number of carbonyl (C=O) groups is 3. The van der Waals surface area contributed by atoms with Crippen molar-refractivity contribution in [3.63, 3.8) is 0 Å². The Kier molecular flexibility index (Phi) is 13.4. The number of hydrogen-bond acceptors (Lipinski definition) is 4. The number of aliphatic carboxylic acids is 1. The lowest BCUT2D eigenvalue weighted by Crippen LogP contribution is -2.45. The normalized spacial score (nSPS) is 18.1. The van der Waals surface area contributed by atoms with Crippen molar-refractivity contribution in [3.05, 3.63) is 0 Å². The lowest BCUT2D eigenvalue weighted by molar-refractivity contribution is -0.178. The first-order chi connectivity index (χ1) is 14.4. The largest absolute Gasteiger partial charge is 0.478 e. The highest BCUT2D eigenvalue weighted by Gasteiger charge is 2.40. The summed E-state index contributed by atoms with van der Waals surface area (Å²) in [6, 6.07) is -0.715. The van der Waals surface area contributed by atoms with Gasteiger partial charge in [-0.1, -0.05) is 90.4 Å². The molecule has 6 nitrogen and oxygen atoms in total. The van der Waals surface area contributed by atoms with E-state index in [1.807, 2.05) is 0 Å². The van der Waals surface area contributed by atoms with Gasteiger partial charge in [-0.3, -0.25) is 4.79 Å². The molecular weight excluding hydrogens is 382 g/mol. The number of esters is 1. The van der Waals surface area contributed by atoms with Crippen molar-refractivity contribution in [3.8, 4) is 0 Å². The van der Waals surface area contributed by atoms with Crippen molar-refractivity contribution in [2.45, 2.75) is 135 Å². The molecule has 30 heavy (non-hydrogen) atoms. The van der Waals surface area contributed by atoms with E-state index in [0.29, 0.717) is 19.3 Å². The molecule has 0 aliphatic carbocycles. The molecule has 6 heteroatoms. The van der Waals surface area contributed by atoms with Gasteiger partial charge in [0.15, 0.2) is 0 Å². The number of hydrogen-bond donors (Lipinski definition) is 2. The van der Waals surface area contributed by atoms with Crippen molar-refractivity contribution in [2.75, 3.05) is 0 Å². The first-order valence-electron chi connectivity index (χ1n) is 12.1. The van der Waals surface area contributed by atoms with Gasteiger partial charge in [-0.25, -0.2) is 9.59 Å². The maximum absolute atomic E-state index is 12.2. The molecule has 1 aliphatic rings. The summed E-state index contributed by atoms with van der Waals surface area (Å²) in [6.45, 7) is 3.70. The molecule has 1 fully saturated rings. The molecule has 0 aromatic rings. The van der Waals surface area contributed by atoms with E-state index in [-0.39, 0.29) is 12.3 Å². The van der Waals surface area contributed by atoms with Gasteiger partial charge in [-0.05, 0) is 26.2 Å². The molecule has 0 radical (unpaired) electrons. The maximum atomic E-state index is 12.2. The molecule has 2 N–H and O–H groups in total. The van der Waals surface area contributed by atoms with E-state index in [9.17, 15) is 19.5 Å². The second-order valence-electron chi connectivity index (χ2n) is 8.96. The van der Waals surface area contributed by atoms with E-state index in [1.165, 1.54) is 77.6 Å². The molecule has 0 bridgehead atoms.